The van der Waals surface area contributed by atoms with E-state index >= 15 is 0 Å². The molecule has 2 atom stereocenters. The number of tetrazole rings is 2. The van der Waals surface area contributed by atoms with Crippen molar-refractivity contribution in [2.45, 2.75) is 45.2 Å². The van der Waals surface area contributed by atoms with Crippen molar-refractivity contribution in [3.05, 3.63) is 29.5 Å². The van der Waals surface area contributed by atoms with Crippen molar-refractivity contribution in [2.75, 3.05) is 0 Å². The van der Waals surface area contributed by atoms with Crippen LogP contribution in [0.25, 0.3) is 17.1 Å². The molecule has 28 heavy (non-hydrogen) atoms. The molecule has 1 aromatic carbocycles. The van der Waals surface area contributed by atoms with Crippen molar-refractivity contribution in [2.24, 2.45) is 5.92 Å². The van der Waals surface area contributed by atoms with E-state index in [4.69, 9.17) is 11.6 Å². The minimum atomic E-state index is -0.112. The SMILES string of the molecule is CC1CCCCC1NC(=O)Cn1nnc(-c2ccc(Cl)cc2-n2cnnn2)n1. The highest BCUT2D eigenvalue weighted by Crippen LogP contribution is 2.26. The molecule has 1 fully saturated rings. The van der Waals surface area contributed by atoms with Gasteiger partial charge >= 0.3 is 0 Å². The van der Waals surface area contributed by atoms with E-state index in [0.29, 0.717) is 28.0 Å². The Morgan fingerprint density at radius 2 is 2.14 bits per heavy atom. The number of halogens is 1. The summed E-state index contributed by atoms with van der Waals surface area (Å²) in [6.07, 6.45) is 6.00. The van der Waals surface area contributed by atoms with Crippen LogP contribution in [0.4, 0.5) is 0 Å². The number of hydrogen-bond donors (Lipinski definition) is 1. The Bertz CT molecular complexity index is 955. The molecular weight excluding hydrogens is 382 g/mol. The zero-order chi connectivity index (χ0) is 19.5. The quantitative estimate of drug-likeness (QED) is 0.690. The zero-order valence-corrected chi connectivity index (χ0v) is 16.1. The van der Waals surface area contributed by atoms with Gasteiger partial charge in [0.05, 0.1) is 5.69 Å². The standard InChI is InChI=1S/C17H20ClN9O/c1-11-4-2-3-5-14(11)20-16(28)9-27-22-17(21-24-27)13-7-6-12(18)8-15(13)26-10-19-23-25-26/h6-8,10-11,14H,2-5,9H2,1H3,(H,20,28). The Morgan fingerprint density at radius 3 is 2.93 bits per heavy atom. The largest absolute Gasteiger partial charge is 0.351 e. The Balaban J connectivity index is 1.50. The van der Waals surface area contributed by atoms with E-state index < -0.39 is 0 Å². The first-order valence-electron chi connectivity index (χ1n) is 9.20. The summed E-state index contributed by atoms with van der Waals surface area (Å²) in [5, 5.41) is 27.2. The van der Waals surface area contributed by atoms with Crippen molar-refractivity contribution in [3.8, 4) is 17.1 Å². The molecule has 10 nitrogen and oxygen atoms in total. The van der Waals surface area contributed by atoms with Crippen molar-refractivity contribution in [1.29, 1.82) is 0 Å². The minimum absolute atomic E-state index is 0.0179. The maximum Gasteiger partial charge on any atom is 0.243 e. The highest BCUT2D eigenvalue weighted by atomic mass is 35.5. The van der Waals surface area contributed by atoms with Gasteiger partial charge in [0, 0.05) is 16.6 Å². The van der Waals surface area contributed by atoms with Crippen molar-refractivity contribution in [1.82, 2.24) is 45.7 Å². The molecule has 0 saturated heterocycles. The van der Waals surface area contributed by atoms with Gasteiger partial charge in [-0.05, 0) is 52.6 Å². The number of aromatic nitrogens is 8. The number of carbonyl (C=O) groups is 1. The highest BCUT2D eigenvalue weighted by Gasteiger charge is 2.23. The number of carbonyl (C=O) groups excluding carboxylic acids is 1. The molecular formula is C17H20ClN9O. The van der Waals surface area contributed by atoms with E-state index in [1.54, 1.807) is 18.2 Å². The molecule has 0 bridgehead atoms. The van der Waals surface area contributed by atoms with Crippen LogP contribution < -0.4 is 5.32 Å². The summed E-state index contributed by atoms with van der Waals surface area (Å²) in [6, 6.07) is 5.42. The molecule has 4 rings (SSSR count). The third kappa shape index (κ3) is 4.01. The van der Waals surface area contributed by atoms with Crippen LogP contribution in [0, 0.1) is 5.92 Å². The van der Waals surface area contributed by atoms with Gasteiger partial charge in [-0.3, -0.25) is 4.79 Å². The van der Waals surface area contributed by atoms with Crippen LogP contribution in [0.2, 0.25) is 5.02 Å². The fourth-order valence-corrected chi connectivity index (χ4v) is 3.65. The predicted octanol–water partition coefficient (Wildman–Crippen LogP) is 1.66. The van der Waals surface area contributed by atoms with Crippen molar-refractivity contribution in [3.63, 3.8) is 0 Å². The second-order valence-corrected chi connectivity index (χ2v) is 7.43. The molecule has 0 spiro atoms. The molecule has 0 radical (unpaired) electrons. The molecule has 0 aliphatic heterocycles. The van der Waals surface area contributed by atoms with E-state index in [0.717, 1.165) is 19.3 Å². The van der Waals surface area contributed by atoms with Crippen LogP contribution in [0.1, 0.15) is 32.6 Å². The third-order valence-corrected chi connectivity index (χ3v) is 5.23. The molecule has 2 aromatic heterocycles. The van der Waals surface area contributed by atoms with E-state index in [2.05, 4.69) is 43.2 Å². The molecule has 146 valence electrons. The average molecular weight is 402 g/mol. The van der Waals surface area contributed by atoms with E-state index in [-0.39, 0.29) is 18.5 Å². The van der Waals surface area contributed by atoms with Crippen molar-refractivity contribution >= 4 is 17.5 Å². The monoisotopic (exact) mass is 401 g/mol. The number of benzene rings is 1. The molecule has 11 heteroatoms. The summed E-state index contributed by atoms with van der Waals surface area (Å²) < 4.78 is 1.47. The van der Waals surface area contributed by atoms with Gasteiger partial charge < -0.3 is 5.32 Å². The maximum atomic E-state index is 12.4. The Kier molecular flexibility index (Phi) is 5.29. The van der Waals surface area contributed by atoms with E-state index in [1.165, 1.54) is 22.2 Å². The normalized spacial score (nSPS) is 19.5. The summed E-state index contributed by atoms with van der Waals surface area (Å²) in [6.45, 7) is 2.20. The molecule has 2 heterocycles. The lowest BCUT2D eigenvalue weighted by Gasteiger charge is -2.29. The Labute approximate surface area is 166 Å². The topological polar surface area (TPSA) is 116 Å². The van der Waals surface area contributed by atoms with Gasteiger partial charge in [0.15, 0.2) is 0 Å². The van der Waals surface area contributed by atoms with Gasteiger partial charge in [0.1, 0.15) is 12.9 Å². The average Bonchev–Trinajstić information content (AvgIpc) is 3.36. The second kappa shape index (κ2) is 8.01. The fraction of sp³-hybridized carbons (Fsp3) is 0.471. The summed E-state index contributed by atoms with van der Waals surface area (Å²) in [7, 11) is 0. The third-order valence-electron chi connectivity index (χ3n) is 4.99. The Morgan fingerprint density at radius 1 is 1.29 bits per heavy atom. The lowest BCUT2D eigenvalue weighted by molar-refractivity contribution is -0.123. The number of rotatable bonds is 5. The molecule has 1 saturated carbocycles. The van der Waals surface area contributed by atoms with Crippen LogP contribution in [0.5, 0.6) is 0 Å². The lowest BCUT2D eigenvalue weighted by Crippen LogP contribution is -2.42. The number of amides is 1. The fourth-order valence-electron chi connectivity index (χ4n) is 3.48. The van der Waals surface area contributed by atoms with Gasteiger partial charge in [0.2, 0.25) is 11.7 Å². The van der Waals surface area contributed by atoms with E-state index in [1.807, 2.05) is 0 Å². The summed E-state index contributed by atoms with van der Waals surface area (Å²) in [5.74, 6) is 0.741. The molecule has 3 aromatic rings. The Hall–Kier alpha value is -2.88. The van der Waals surface area contributed by atoms with Gasteiger partial charge in [-0.1, -0.05) is 31.4 Å². The lowest BCUT2D eigenvalue weighted by atomic mass is 9.86. The minimum Gasteiger partial charge on any atom is -0.351 e. The van der Waals surface area contributed by atoms with Gasteiger partial charge in [0.25, 0.3) is 0 Å². The van der Waals surface area contributed by atoms with Crippen LogP contribution in [-0.2, 0) is 11.3 Å². The number of nitrogens with one attached hydrogen (secondary N) is 1. The first-order chi connectivity index (χ1) is 13.6. The smallest absolute Gasteiger partial charge is 0.243 e. The molecule has 1 aliphatic carbocycles. The van der Waals surface area contributed by atoms with E-state index in [9.17, 15) is 4.79 Å². The first-order valence-corrected chi connectivity index (χ1v) is 9.58. The molecule has 2 unspecified atom stereocenters. The number of hydrogen-bond acceptors (Lipinski definition) is 7. The summed E-state index contributed by atoms with van der Waals surface area (Å²) in [4.78, 5) is 13.7. The van der Waals surface area contributed by atoms with Crippen molar-refractivity contribution < 1.29 is 4.79 Å². The predicted molar refractivity (Wildman–Crippen MR) is 101 cm³/mol. The second-order valence-electron chi connectivity index (χ2n) is 7.00. The zero-order valence-electron chi connectivity index (χ0n) is 15.4. The molecule has 1 amide bonds. The molecule has 1 aliphatic rings. The van der Waals surface area contributed by atoms with Gasteiger partial charge in [-0.15, -0.1) is 15.3 Å². The summed E-state index contributed by atoms with van der Waals surface area (Å²) >= 11 is 6.10. The van der Waals surface area contributed by atoms with Crippen LogP contribution in [0.15, 0.2) is 24.5 Å². The van der Waals surface area contributed by atoms with Gasteiger partial charge in [-0.2, -0.15) is 9.48 Å². The number of nitrogens with zero attached hydrogens (tertiary/aromatic N) is 8. The maximum absolute atomic E-state index is 12.4. The van der Waals surface area contributed by atoms with Gasteiger partial charge in [-0.25, -0.2) is 0 Å². The highest BCUT2D eigenvalue weighted by molar-refractivity contribution is 6.30. The first kappa shape index (κ1) is 18.5. The van der Waals surface area contributed by atoms with Crippen LogP contribution >= 0.6 is 11.6 Å². The molecule has 1 N–H and O–H groups in total. The van der Waals surface area contributed by atoms with Crippen LogP contribution in [-0.4, -0.2) is 52.4 Å². The summed E-state index contributed by atoms with van der Waals surface area (Å²) in [5.41, 5.74) is 1.28. The van der Waals surface area contributed by atoms with Crippen LogP contribution in [0.3, 0.4) is 0 Å².